The minimum Gasteiger partial charge on any atom is -0.321 e. The molecule has 0 unspecified atom stereocenters. The zero-order valence-corrected chi connectivity index (χ0v) is 13.8. The Labute approximate surface area is 144 Å². The third-order valence-corrected chi connectivity index (χ3v) is 4.29. The summed E-state index contributed by atoms with van der Waals surface area (Å²) in [4.78, 5) is 12.5. The Kier molecular flexibility index (Phi) is 4.32. The quantitative estimate of drug-likeness (QED) is 0.579. The summed E-state index contributed by atoms with van der Waals surface area (Å²) in [7, 11) is 0. The topological polar surface area (TPSA) is 29.1 Å². The molecule has 0 atom stereocenters. The Bertz CT molecular complexity index is 922. The van der Waals surface area contributed by atoms with E-state index in [0.29, 0.717) is 10.9 Å². The number of hydrogen-bond donors (Lipinski definition) is 1. The monoisotopic (exact) mass is 393 g/mol. The zero-order valence-electron chi connectivity index (χ0n) is 12.2. The van der Waals surface area contributed by atoms with Crippen LogP contribution in [0.5, 0.6) is 0 Å². The molecule has 0 heterocycles. The predicted molar refractivity (Wildman–Crippen MR) is 91.0 cm³/mol. The molecule has 6 heteroatoms. The number of amides is 1. The number of benzene rings is 3. The number of anilines is 1. The number of hydrogen-bond acceptors (Lipinski definition) is 1. The molecule has 0 spiro atoms. The van der Waals surface area contributed by atoms with E-state index in [4.69, 9.17) is 0 Å². The van der Waals surface area contributed by atoms with Gasteiger partial charge in [-0.15, -0.1) is 0 Å². The minimum absolute atomic E-state index is 0.262. The number of fused-ring (bicyclic) bond motifs is 1. The number of carbonyl (C=O) groups excluding carboxylic acids is 1. The van der Waals surface area contributed by atoms with E-state index in [-0.39, 0.29) is 5.69 Å². The van der Waals surface area contributed by atoms with Crippen molar-refractivity contribution in [3.63, 3.8) is 0 Å². The van der Waals surface area contributed by atoms with Crippen molar-refractivity contribution in [1.29, 1.82) is 0 Å². The van der Waals surface area contributed by atoms with Gasteiger partial charge in [0.05, 0.1) is 11.3 Å². The van der Waals surface area contributed by atoms with Crippen LogP contribution in [-0.4, -0.2) is 5.91 Å². The lowest BCUT2D eigenvalue weighted by atomic mass is 10.0. The van der Waals surface area contributed by atoms with Crippen molar-refractivity contribution in [2.24, 2.45) is 0 Å². The molecule has 0 aliphatic heterocycles. The second-order valence-corrected chi connectivity index (χ2v) is 5.99. The first-order chi connectivity index (χ1) is 11.4. The van der Waals surface area contributed by atoms with Crippen molar-refractivity contribution in [3.8, 4) is 0 Å². The Morgan fingerprint density at radius 1 is 0.875 bits per heavy atom. The summed E-state index contributed by atoms with van der Waals surface area (Å²) < 4.78 is 40.0. The normalized spacial score (nSPS) is 11.5. The van der Waals surface area contributed by atoms with E-state index in [1.807, 2.05) is 12.1 Å². The third-order valence-electron chi connectivity index (χ3n) is 3.59. The van der Waals surface area contributed by atoms with E-state index >= 15 is 0 Å². The van der Waals surface area contributed by atoms with E-state index in [2.05, 4.69) is 21.2 Å². The van der Waals surface area contributed by atoms with Gasteiger partial charge in [-0.2, -0.15) is 13.2 Å². The Morgan fingerprint density at radius 3 is 2.29 bits per heavy atom. The number of halogens is 4. The Hall–Kier alpha value is -2.34. The standard InChI is InChI=1S/C18H11BrF3NO/c19-15-9-4-5-11-12(15)6-3-7-13(11)17(24)23-16-10-2-1-8-14(16)18(20,21)22/h1-10H,(H,23,24). The first-order valence-corrected chi connectivity index (χ1v) is 7.82. The SMILES string of the molecule is O=C(Nc1ccccc1C(F)(F)F)c1cccc2c(Br)cccc12. The fourth-order valence-electron chi connectivity index (χ4n) is 2.50. The van der Waals surface area contributed by atoms with Crippen LogP contribution in [0.3, 0.4) is 0 Å². The van der Waals surface area contributed by atoms with Crippen molar-refractivity contribution in [1.82, 2.24) is 0 Å². The smallest absolute Gasteiger partial charge is 0.321 e. The molecule has 1 amide bonds. The molecule has 3 aromatic rings. The highest BCUT2D eigenvalue weighted by Crippen LogP contribution is 2.35. The van der Waals surface area contributed by atoms with Gasteiger partial charge in [0.2, 0.25) is 0 Å². The van der Waals surface area contributed by atoms with Gasteiger partial charge in [0, 0.05) is 10.0 Å². The van der Waals surface area contributed by atoms with E-state index in [1.165, 1.54) is 18.2 Å². The number of alkyl halides is 3. The Balaban J connectivity index is 2.02. The van der Waals surface area contributed by atoms with Crippen LogP contribution in [0.15, 0.2) is 65.1 Å². The molecule has 0 saturated heterocycles. The van der Waals surface area contributed by atoms with Crippen LogP contribution in [0.25, 0.3) is 10.8 Å². The maximum absolute atomic E-state index is 13.0. The van der Waals surface area contributed by atoms with Crippen LogP contribution in [0.1, 0.15) is 15.9 Å². The van der Waals surface area contributed by atoms with E-state index in [1.54, 1.807) is 24.3 Å². The molecule has 0 aliphatic carbocycles. The maximum atomic E-state index is 13.0. The molecule has 0 saturated carbocycles. The van der Waals surface area contributed by atoms with Gasteiger partial charge in [-0.25, -0.2) is 0 Å². The molecule has 3 aromatic carbocycles. The van der Waals surface area contributed by atoms with Gasteiger partial charge in [-0.05, 0) is 35.0 Å². The average Bonchev–Trinajstić information content (AvgIpc) is 2.54. The average molecular weight is 394 g/mol. The number of nitrogens with one attached hydrogen (secondary N) is 1. The lowest BCUT2D eigenvalue weighted by Crippen LogP contribution is -2.16. The van der Waals surface area contributed by atoms with Gasteiger partial charge >= 0.3 is 6.18 Å². The fraction of sp³-hybridized carbons (Fsp3) is 0.0556. The molecule has 3 rings (SSSR count). The molecule has 2 nitrogen and oxygen atoms in total. The zero-order chi connectivity index (χ0) is 17.3. The van der Waals surface area contributed by atoms with Gasteiger partial charge in [0.15, 0.2) is 0 Å². The molecule has 24 heavy (non-hydrogen) atoms. The first kappa shape index (κ1) is 16.5. The molecule has 1 N–H and O–H groups in total. The molecule has 0 radical (unpaired) electrons. The second-order valence-electron chi connectivity index (χ2n) is 5.14. The number of carbonyl (C=O) groups is 1. The summed E-state index contributed by atoms with van der Waals surface area (Å²) in [5, 5.41) is 3.85. The molecular weight excluding hydrogens is 383 g/mol. The molecule has 0 aromatic heterocycles. The van der Waals surface area contributed by atoms with Gasteiger partial charge in [-0.3, -0.25) is 4.79 Å². The first-order valence-electron chi connectivity index (χ1n) is 7.03. The van der Waals surface area contributed by atoms with Crippen molar-refractivity contribution in [2.45, 2.75) is 6.18 Å². The maximum Gasteiger partial charge on any atom is 0.418 e. The van der Waals surface area contributed by atoms with Crippen molar-refractivity contribution >= 4 is 38.3 Å². The highest BCUT2D eigenvalue weighted by Gasteiger charge is 2.33. The van der Waals surface area contributed by atoms with E-state index in [0.717, 1.165) is 15.9 Å². The van der Waals surface area contributed by atoms with Crippen LogP contribution in [0, 0.1) is 0 Å². The number of rotatable bonds is 2. The predicted octanol–water partition coefficient (Wildman–Crippen LogP) is 5.87. The molecule has 0 fully saturated rings. The van der Waals surface area contributed by atoms with E-state index in [9.17, 15) is 18.0 Å². The van der Waals surface area contributed by atoms with Gasteiger partial charge in [0.1, 0.15) is 0 Å². The fourth-order valence-corrected chi connectivity index (χ4v) is 3.00. The minimum atomic E-state index is -4.54. The Morgan fingerprint density at radius 2 is 1.54 bits per heavy atom. The summed E-state index contributed by atoms with van der Waals surface area (Å²) >= 11 is 3.40. The van der Waals surface area contributed by atoms with Gasteiger partial charge < -0.3 is 5.32 Å². The summed E-state index contributed by atoms with van der Waals surface area (Å²) in [6.07, 6.45) is -4.54. The van der Waals surface area contributed by atoms with Crippen LogP contribution in [0.4, 0.5) is 18.9 Å². The van der Waals surface area contributed by atoms with Crippen molar-refractivity contribution in [3.05, 3.63) is 76.3 Å². The van der Waals surface area contributed by atoms with Gasteiger partial charge in [0.25, 0.3) is 5.91 Å². The lowest BCUT2D eigenvalue weighted by Gasteiger charge is -2.14. The van der Waals surface area contributed by atoms with Crippen LogP contribution in [0.2, 0.25) is 0 Å². The van der Waals surface area contributed by atoms with Crippen LogP contribution < -0.4 is 5.32 Å². The third kappa shape index (κ3) is 3.14. The van der Waals surface area contributed by atoms with Crippen LogP contribution >= 0.6 is 15.9 Å². The molecule has 122 valence electrons. The molecule has 0 aliphatic rings. The highest BCUT2D eigenvalue weighted by molar-refractivity contribution is 9.10. The van der Waals surface area contributed by atoms with Gasteiger partial charge in [-0.1, -0.05) is 52.3 Å². The highest BCUT2D eigenvalue weighted by atomic mass is 79.9. The van der Waals surface area contributed by atoms with Crippen molar-refractivity contribution < 1.29 is 18.0 Å². The van der Waals surface area contributed by atoms with E-state index < -0.39 is 17.6 Å². The van der Waals surface area contributed by atoms with Crippen molar-refractivity contribution in [2.75, 3.05) is 5.32 Å². The lowest BCUT2D eigenvalue weighted by molar-refractivity contribution is -0.136. The molecular formula is C18H11BrF3NO. The van der Waals surface area contributed by atoms with Crippen LogP contribution in [-0.2, 0) is 6.18 Å². The summed E-state index contributed by atoms with van der Waals surface area (Å²) in [5.41, 5.74) is -0.826. The second kappa shape index (κ2) is 6.28. The summed E-state index contributed by atoms with van der Waals surface area (Å²) in [5.74, 6) is -0.588. The summed E-state index contributed by atoms with van der Waals surface area (Å²) in [6, 6.07) is 15.4. The summed E-state index contributed by atoms with van der Waals surface area (Å²) in [6.45, 7) is 0. The largest absolute Gasteiger partial charge is 0.418 e. The molecule has 0 bridgehead atoms. The number of para-hydroxylation sites is 1.